The van der Waals surface area contributed by atoms with E-state index in [0.29, 0.717) is 12.2 Å². The van der Waals surface area contributed by atoms with E-state index in [9.17, 15) is 4.79 Å². The topological polar surface area (TPSA) is 72.7 Å². The Hall–Kier alpha value is -1.30. The highest BCUT2D eigenvalue weighted by Crippen LogP contribution is 2.31. The number of Topliss-reactive ketones (excluding diaryl/α,β-unsaturated/α-hetero) is 1. The molecule has 0 spiro atoms. The molecule has 1 aromatic rings. The van der Waals surface area contributed by atoms with Crippen molar-refractivity contribution in [1.82, 2.24) is 25.5 Å². The molecule has 2 rings (SSSR count). The molecule has 6 heteroatoms. The summed E-state index contributed by atoms with van der Waals surface area (Å²) in [7, 11) is 1.70. The van der Waals surface area contributed by atoms with Crippen molar-refractivity contribution in [1.29, 1.82) is 0 Å². The van der Waals surface area contributed by atoms with Crippen molar-refractivity contribution in [3.63, 3.8) is 0 Å². The van der Waals surface area contributed by atoms with Gasteiger partial charge in [-0.3, -0.25) is 4.79 Å². The average molecular weight is 223 g/mol. The molecule has 1 aliphatic heterocycles. The van der Waals surface area contributed by atoms with Crippen molar-refractivity contribution in [2.45, 2.75) is 26.2 Å². The van der Waals surface area contributed by atoms with Gasteiger partial charge in [-0.15, -0.1) is 10.2 Å². The number of rotatable bonds is 4. The van der Waals surface area contributed by atoms with Crippen molar-refractivity contribution >= 4 is 5.78 Å². The normalized spacial score (nSPS) is 24.9. The Balaban J connectivity index is 2.07. The van der Waals surface area contributed by atoms with Crippen LogP contribution in [0.5, 0.6) is 0 Å². The Morgan fingerprint density at radius 3 is 2.94 bits per heavy atom. The summed E-state index contributed by atoms with van der Waals surface area (Å²) >= 11 is 0. The zero-order valence-corrected chi connectivity index (χ0v) is 9.73. The zero-order chi connectivity index (χ0) is 11.6. The molecule has 88 valence electrons. The van der Waals surface area contributed by atoms with Crippen LogP contribution in [0.15, 0.2) is 0 Å². The van der Waals surface area contributed by atoms with E-state index >= 15 is 0 Å². The SMILES string of the molecule is CCC1(C(=O)Cc2nnn(C)n2)CCNC1. The van der Waals surface area contributed by atoms with Gasteiger partial charge < -0.3 is 5.32 Å². The monoisotopic (exact) mass is 223 g/mol. The maximum atomic E-state index is 12.2. The molecule has 0 saturated carbocycles. The highest BCUT2D eigenvalue weighted by molar-refractivity contribution is 5.86. The minimum atomic E-state index is -0.209. The third kappa shape index (κ3) is 1.97. The lowest BCUT2D eigenvalue weighted by Crippen LogP contribution is -2.34. The number of aryl methyl sites for hydroxylation is 1. The van der Waals surface area contributed by atoms with Gasteiger partial charge in [0.05, 0.1) is 13.5 Å². The molecule has 1 aliphatic rings. The first-order valence-corrected chi connectivity index (χ1v) is 5.63. The second-order valence-corrected chi connectivity index (χ2v) is 4.36. The van der Waals surface area contributed by atoms with E-state index in [4.69, 9.17) is 0 Å². The summed E-state index contributed by atoms with van der Waals surface area (Å²) in [4.78, 5) is 13.6. The van der Waals surface area contributed by atoms with Gasteiger partial charge in [0.1, 0.15) is 5.78 Å². The van der Waals surface area contributed by atoms with Gasteiger partial charge in [-0.2, -0.15) is 4.80 Å². The maximum Gasteiger partial charge on any atom is 0.182 e. The highest BCUT2D eigenvalue weighted by atomic mass is 16.1. The molecule has 0 aliphatic carbocycles. The molecule has 2 heterocycles. The summed E-state index contributed by atoms with van der Waals surface area (Å²) in [5.74, 6) is 0.750. The van der Waals surface area contributed by atoms with E-state index in [1.54, 1.807) is 7.05 Å². The molecular weight excluding hydrogens is 206 g/mol. The molecule has 1 N–H and O–H groups in total. The van der Waals surface area contributed by atoms with Crippen LogP contribution >= 0.6 is 0 Å². The molecule has 1 saturated heterocycles. The van der Waals surface area contributed by atoms with Crippen LogP contribution in [-0.4, -0.2) is 39.1 Å². The van der Waals surface area contributed by atoms with Crippen LogP contribution in [0.4, 0.5) is 0 Å². The fourth-order valence-corrected chi connectivity index (χ4v) is 2.21. The van der Waals surface area contributed by atoms with Crippen molar-refractivity contribution in [2.24, 2.45) is 12.5 Å². The third-order valence-electron chi connectivity index (χ3n) is 3.38. The Morgan fingerprint density at radius 1 is 1.62 bits per heavy atom. The van der Waals surface area contributed by atoms with Crippen molar-refractivity contribution in [2.75, 3.05) is 13.1 Å². The van der Waals surface area contributed by atoms with Crippen LogP contribution in [0, 0.1) is 5.41 Å². The fraction of sp³-hybridized carbons (Fsp3) is 0.800. The van der Waals surface area contributed by atoms with E-state index < -0.39 is 0 Å². The number of hydrogen-bond acceptors (Lipinski definition) is 5. The number of carbonyl (C=O) groups excluding carboxylic acids is 1. The fourth-order valence-electron chi connectivity index (χ4n) is 2.21. The van der Waals surface area contributed by atoms with E-state index in [-0.39, 0.29) is 11.2 Å². The number of tetrazole rings is 1. The smallest absolute Gasteiger partial charge is 0.182 e. The number of ketones is 1. The first-order valence-electron chi connectivity index (χ1n) is 5.63. The molecule has 1 fully saturated rings. The number of hydrogen-bond donors (Lipinski definition) is 1. The van der Waals surface area contributed by atoms with Gasteiger partial charge in [-0.25, -0.2) is 0 Å². The second kappa shape index (κ2) is 4.29. The number of carbonyl (C=O) groups is 1. The molecule has 0 bridgehead atoms. The van der Waals surface area contributed by atoms with Gasteiger partial charge in [-0.05, 0) is 24.6 Å². The third-order valence-corrected chi connectivity index (χ3v) is 3.38. The second-order valence-electron chi connectivity index (χ2n) is 4.36. The Kier molecular flexibility index (Phi) is 3.00. The van der Waals surface area contributed by atoms with E-state index in [1.807, 2.05) is 0 Å². The van der Waals surface area contributed by atoms with Crippen molar-refractivity contribution < 1.29 is 4.79 Å². The minimum Gasteiger partial charge on any atom is -0.316 e. The van der Waals surface area contributed by atoms with Gasteiger partial charge in [0, 0.05) is 12.0 Å². The van der Waals surface area contributed by atoms with E-state index in [2.05, 4.69) is 27.7 Å². The minimum absolute atomic E-state index is 0.209. The summed E-state index contributed by atoms with van der Waals surface area (Å²) in [6.07, 6.45) is 2.09. The summed E-state index contributed by atoms with van der Waals surface area (Å²) in [6, 6.07) is 0. The number of aromatic nitrogens is 4. The summed E-state index contributed by atoms with van der Waals surface area (Å²) < 4.78 is 0. The average Bonchev–Trinajstić information content (AvgIpc) is 2.88. The van der Waals surface area contributed by atoms with Gasteiger partial charge in [-0.1, -0.05) is 6.92 Å². The lowest BCUT2D eigenvalue weighted by molar-refractivity contribution is -0.127. The van der Waals surface area contributed by atoms with Crippen LogP contribution in [0.25, 0.3) is 0 Å². The first-order chi connectivity index (χ1) is 7.66. The largest absolute Gasteiger partial charge is 0.316 e. The van der Waals surface area contributed by atoms with Crippen LogP contribution in [-0.2, 0) is 18.3 Å². The standard InChI is InChI=1S/C10H17N5O/c1-3-10(4-5-11-7-10)8(16)6-9-12-14-15(2)13-9/h11H,3-7H2,1-2H3. The van der Waals surface area contributed by atoms with Crippen LogP contribution in [0.3, 0.4) is 0 Å². The van der Waals surface area contributed by atoms with Gasteiger partial charge in [0.15, 0.2) is 5.82 Å². The molecule has 6 nitrogen and oxygen atoms in total. The lowest BCUT2D eigenvalue weighted by atomic mass is 9.79. The molecule has 0 amide bonds. The first kappa shape index (κ1) is 11.2. The van der Waals surface area contributed by atoms with Gasteiger partial charge in [0.25, 0.3) is 0 Å². The molecule has 1 aromatic heterocycles. The predicted molar refractivity (Wildman–Crippen MR) is 57.7 cm³/mol. The molecule has 16 heavy (non-hydrogen) atoms. The van der Waals surface area contributed by atoms with E-state index in [1.165, 1.54) is 4.80 Å². The Bertz CT molecular complexity index is 380. The van der Waals surface area contributed by atoms with Crippen molar-refractivity contribution in [3.05, 3.63) is 5.82 Å². The lowest BCUT2D eigenvalue weighted by Gasteiger charge is -2.23. The molecule has 0 radical (unpaired) electrons. The predicted octanol–water partition coefficient (Wildman–Crippen LogP) is -0.289. The molecular formula is C10H17N5O. The summed E-state index contributed by atoms with van der Waals surface area (Å²) in [6.45, 7) is 3.77. The Morgan fingerprint density at radius 2 is 2.44 bits per heavy atom. The zero-order valence-electron chi connectivity index (χ0n) is 9.73. The van der Waals surface area contributed by atoms with Gasteiger partial charge in [0.2, 0.25) is 0 Å². The molecule has 1 unspecified atom stereocenters. The van der Waals surface area contributed by atoms with Crippen LogP contribution in [0.1, 0.15) is 25.6 Å². The Labute approximate surface area is 94.4 Å². The highest BCUT2D eigenvalue weighted by Gasteiger charge is 2.39. The van der Waals surface area contributed by atoms with Crippen LogP contribution < -0.4 is 5.32 Å². The van der Waals surface area contributed by atoms with E-state index in [0.717, 1.165) is 25.9 Å². The molecule has 0 aromatic carbocycles. The molecule has 1 atom stereocenters. The quantitative estimate of drug-likeness (QED) is 0.759. The number of nitrogens with zero attached hydrogens (tertiary/aromatic N) is 4. The summed E-state index contributed by atoms with van der Waals surface area (Å²) in [5, 5.41) is 14.9. The van der Waals surface area contributed by atoms with Crippen LogP contribution in [0.2, 0.25) is 0 Å². The van der Waals surface area contributed by atoms with Gasteiger partial charge >= 0.3 is 0 Å². The van der Waals surface area contributed by atoms with Crippen molar-refractivity contribution in [3.8, 4) is 0 Å². The number of nitrogens with one attached hydrogen (secondary N) is 1. The maximum absolute atomic E-state index is 12.2. The summed E-state index contributed by atoms with van der Waals surface area (Å²) in [5.41, 5.74) is -0.209.